The van der Waals surface area contributed by atoms with Crippen LogP contribution in [-0.2, 0) is 38.0 Å². The fourth-order valence-corrected chi connectivity index (χ4v) is 3.70. The average molecular weight is 958 g/mol. The van der Waals surface area contributed by atoms with Gasteiger partial charge in [-0.25, -0.2) is 9.59 Å². The molecule has 0 rings (SSSR count). The summed E-state index contributed by atoms with van der Waals surface area (Å²) >= 11 is 0. The molecule has 0 aromatic heterocycles. The van der Waals surface area contributed by atoms with E-state index in [9.17, 15) is 106 Å². The fraction of sp³-hybridized carbons (Fsp3) is 0.862. The van der Waals surface area contributed by atoms with Crippen molar-refractivity contribution in [2.75, 3.05) is 46.2 Å². The number of hydrogen-bond acceptors (Lipinski definition) is 9. The van der Waals surface area contributed by atoms with Gasteiger partial charge in [0.05, 0.1) is 32.0 Å². The van der Waals surface area contributed by atoms with Gasteiger partial charge in [0, 0.05) is 18.4 Å². The monoisotopic (exact) mass is 957 g/mol. The molecule has 362 valence electrons. The Morgan fingerprint density at radius 1 is 0.590 bits per heavy atom. The molecule has 0 aromatic carbocycles. The molecule has 0 aliphatic heterocycles. The quantitative estimate of drug-likeness (QED) is 0.0439. The Balaban J connectivity index is 6.52. The van der Waals surface area contributed by atoms with Crippen LogP contribution in [0, 0.1) is 5.92 Å². The molecule has 10 nitrogen and oxygen atoms in total. The van der Waals surface area contributed by atoms with Gasteiger partial charge in [-0.3, -0.25) is 9.47 Å². The first-order valence-electron chi connectivity index (χ1n) is 15.9. The second-order valence-corrected chi connectivity index (χ2v) is 13.2. The standard InChI is InChI=1S/C29H33F22NO9/c1-6-16(53)57-10-8-52-17(54)59-18(2,3)7-9-58-19(4,5)15(11-55-13-20(30,24(36,37)38)60-28(48,49)22(32,33)26(42,43)44)12-56-14-21(31,25(39,40)41)61-29(50,51)23(34,35)27(45,46)47/h6,15H,1,7-14H2,2-5H3,(H,52,54). The lowest BCUT2D eigenvalue weighted by atomic mass is 9.91. The zero-order valence-corrected chi connectivity index (χ0v) is 31.0. The van der Waals surface area contributed by atoms with E-state index < -0.39 is 129 Å². The summed E-state index contributed by atoms with van der Waals surface area (Å²) in [4.78, 5) is 23.1. The number of carbonyl (C=O) groups excluding carboxylic acids is 2. The summed E-state index contributed by atoms with van der Waals surface area (Å²) in [6, 6.07) is 0. The number of halogens is 22. The molecule has 32 heteroatoms. The molecule has 0 aliphatic rings. The highest BCUT2D eigenvalue weighted by atomic mass is 19.4. The van der Waals surface area contributed by atoms with Crippen LogP contribution >= 0.6 is 0 Å². The van der Waals surface area contributed by atoms with Crippen molar-refractivity contribution < 1.29 is 139 Å². The van der Waals surface area contributed by atoms with E-state index in [1.165, 1.54) is 13.8 Å². The molecule has 1 N–H and O–H groups in total. The summed E-state index contributed by atoms with van der Waals surface area (Å²) in [5, 5.41) is 2.12. The maximum atomic E-state index is 14.7. The Labute approximate surface area is 328 Å². The average Bonchev–Trinajstić information content (AvgIpc) is 3.02. The van der Waals surface area contributed by atoms with Crippen molar-refractivity contribution in [2.24, 2.45) is 5.92 Å². The first-order chi connectivity index (χ1) is 26.8. The van der Waals surface area contributed by atoms with Gasteiger partial charge in [-0.2, -0.15) is 96.6 Å². The molecule has 0 bridgehead atoms. The van der Waals surface area contributed by atoms with Gasteiger partial charge in [-0.1, -0.05) is 6.58 Å². The van der Waals surface area contributed by atoms with Crippen molar-refractivity contribution in [2.45, 2.75) is 106 Å². The molecular formula is C29H33F22NO9. The first-order valence-corrected chi connectivity index (χ1v) is 15.9. The number of carbonyl (C=O) groups is 2. The van der Waals surface area contributed by atoms with Crippen LogP contribution in [0.5, 0.6) is 0 Å². The number of alkyl halides is 22. The lowest BCUT2D eigenvalue weighted by molar-refractivity contribution is -0.487. The summed E-state index contributed by atoms with van der Waals surface area (Å²) in [7, 11) is 0. The smallest absolute Gasteiger partial charge is 0.461 e. The molecule has 0 aliphatic carbocycles. The van der Waals surface area contributed by atoms with E-state index in [0.717, 1.165) is 19.9 Å². The van der Waals surface area contributed by atoms with E-state index >= 15 is 0 Å². The van der Waals surface area contributed by atoms with E-state index in [0.29, 0.717) is 0 Å². The predicted molar refractivity (Wildman–Crippen MR) is 153 cm³/mol. The maximum absolute atomic E-state index is 14.7. The van der Waals surface area contributed by atoms with Crippen LogP contribution in [-0.4, -0.2) is 130 Å². The molecule has 0 heterocycles. The lowest BCUT2D eigenvalue weighted by Gasteiger charge is -2.38. The Hall–Kier alpha value is -3.26. The molecule has 0 spiro atoms. The van der Waals surface area contributed by atoms with Crippen LogP contribution in [0.1, 0.15) is 34.1 Å². The van der Waals surface area contributed by atoms with E-state index in [1.807, 2.05) is 0 Å². The third kappa shape index (κ3) is 15.5. The van der Waals surface area contributed by atoms with E-state index in [-0.39, 0.29) is 13.2 Å². The van der Waals surface area contributed by atoms with Crippen molar-refractivity contribution >= 4 is 12.1 Å². The summed E-state index contributed by atoms with van der Waals surface area (Å²) in [6.45, 7) is -4.53. The zero-order chi connectivity index (χ0) is 48.8. The Morgan fingerprint density at radius 3 is 1.30 bits per heavy atom. The largest absolute Gasteiger partial charge is 0.462 e. The van der Waals surface area contributed by atoms with Gasteiger partial charge >= 0.3 is 72.5 Å². The molecular weight excluding hydrogens is 924 g/mol. The summed E-state index contributed by atoms with van der Waals surface area (Å²) in [6.07, 6.45) is -44.3. The van der Waals surface area contributed by atoms with Crippen molar-refractivity contribution in [3.8, 4) is 0 Å². The topological polar surface area (TPSA) is 111 Å². The van der Waals surface area contributed by atoms with Crippen LogP contribution < -0.4 is 5.32 Å². The molecule has 0 saturated heterocycles. The molecule has 0 fully saturated rings. The molecule has 61 heavy (non-hydrogen) atoms. The van der Waals surface area contributed by atoms with Gasteiger partial charge in [0.1, 0.15) is 25.4 Å². The number of rotatable bonds is 24. The van der Waals surface area contributed by atoms with Gasteiger partial charge in [0.2, 0.25) is 0 Å². The number of hydrogen-bond donors (Lipinski definition) is 1. The number of esters is 1. The maximum Gasteiger partial charge on any atom is 0.462 e. The van der Waals surface area contributed by atoms with E-state index in [1.54, 1.807) is 0 Å². The van der Waals surface area contributed by atoms with Crippen LogP contribution in [0.2, 0.25) is 0 Å². The van der Waals surface area contributed by atoms with Gasteiger partial charge in [-0.15, -0.1) is 0 Å². The number of ether oxygens (including phenoxy) is 7. The Bertz CT molecular complexity index is 1380. The minimum Gasteiger partial charge on any atom is -0.461 e. The third-order valence-corrected chi connectivity index (χ3v) is 7.40. The number of amides is 1. The SMILES string of the molecule is C=CC(=O)OCCNC(=O)OC(C)(C)CCOC(C)(C)C(COCC(F)(OC(F)(F)C(F)(F)C(F)(F)F)C(F)(F)F)COCC(F)(OC(F)(F)C(F)(F)C(F)(F)F)C(F)(F)F. The Morgan fingerprint density at radius 2 is 0.967 bits per heavy atom. The second-order valence-electron chi connectivity index (χ2n) is 13.2. The molecule has 0 radical (unpaired) electrons. The highest BCUT2D eigenvalue weighted by molar-refractivity contribution is 5.81. The van der Waals surface area contributed by atoms with Crippen LogP contribution in [0.4, 0.5) is 101 Å². The normalized spacial score (nSPS) is 17.0. The number of alkyl carbamates (subject to hydrolysis) is 1. The minimum atomic E-state index is -7.52. The molecule has 1 amide bonds. The van der Waals surface area contributed by atoms with Gasteiger partial charge < -0.3 is 29.0 Å². The highest BCUT2D eigenvalue weighted by Gasteiger charge is 2.79. The van der Waals surface area contributed by atoms with Gasteiger partial charge in [-0.05, 0) is 27.7 Å². The van der Waals surface area contributed by atoms with E-state index in [4.69, 9.17) is 9.47 Å². The predicted octanol–water partition coefficient (Wildman–Crippen LogP) is 9.13. The summed E-state index contributed by atoms with van der Waals surface area (Å²) < 4.78 is 320. The van der Waals surface area contributed by atoms with Crippen molar-refractivity contribution in [1.29, 1.82) is 0 Å². The number of nitrogens with one attached hydrogen (secondary N) is 1. The lowest BCUT2D eigenvalue weighted by Crippen LogP contribution is -2.60. The van der Waals surface area contributed by atoms with Gasteiger partial charge in [0.15, 0.2) is 0 Å². The van der Waals surface area contributed by atoms with Crippen LogP contribution in [0.15, 0.2) is 12.7 Å². The second kappa shape index (κ2) is 19.6. The molecule has 2 unspecified atom stereocenters. The first kappa shape index (κ1) is 57.7. The van der Waals surface area contributed by atoms with E-state index in [2.05, 4.69) is 35.6 Å². The van der Waals surface area contributed by atoms with Crippen LogP contribution in [0.25, 0.3) is 0 Å². The Kier molecular flexibility index (Phi) is 18.6. The van der Waals surface area contributed by atoms with Crippen molar-refractivity contribution in [3.05, 3.63) is 12.7 Å². The summed E-state index contributed by atoms with van der Waals surface area (Å²) in [5.41, 5.74) is -3.95. The molecule has 2 atom stereocenters. The fourth-order valence-electron chi connectivity index (χ4n) is 3.70. The van der Waals surface area contributed by atoms with Gasteiger partial charge in [0.25, 0.3) is 0 Å². The zero-order valence-electron chi connectivity index (χ0n) is 31.0. The molecule has 0 saturated carbocycles. The minimum absolute atomic E-state index is 0.330. The van der Waals surface area contributed by atoms with Crippen molar-refractivity contribution in [1.82, 2.24) is 5.32 Å². The van der Waals surface area contributed by atoms with Crippen molar-refractivity contribution in [3.63, 3.8) is 0 Å². The summed E-state index contributed by atoms with van der Waals surface area (Å²) in [5.74, 6) is -30.8. The third-order valence-electron chi connectivity index (χ3n) is 7.40. The van der Waals surface area contributed by atoms with Crippen LogP contribution in [0.3, 0.4) is 0 Å². The highest BCUT2D eigenvalue weighted by Crippen LogP contribution is 2.52. The molecule has 0 aromatic rings.